The van der Waals surface area contributed by atoms with Crippen LogP contribution in [0.2, 0.25) is 0 Å². The molecule has 1 aliphatic carbocycles. The standard InChI is InChI=1S/C14H25NO/c1-10(2)6-12(9-15)8-14(16)7-11(3)13-4-5-13/h4,7,10-12,16H,5-6,8-9,15H2,1-3H3/b14-7+. The second-order valence-electron chi connectivity index (χ2n) is 5.37. The minimum Gasteiger partial charge on any atom is -0.513 e. The van der Waals surface area contributed by atoms with E-state index in [4.69, 9.17) is 5.73 Å². The Bertz CT molecular complexity index is 278. The number of allylic oxidation sites excluding steroid dienone is 4. The monoisotopic (exact) mass is 223 g/mol. The van der Waals surface area contributed by atoms with E-state index in [1.807, 2.05) is 6.08 Å². The quantitative estimate of drug-likeness (QED) is 0.513. The third-order valence-electron chi connectivity index (χ3n) is 3.10. The topological polar surface area (TPSA) is 46.2 Å². The maximum atomic E-state index is 9.89. The molecular formula is C14H25NO. The van der Waals surface area contributed by atoms with Gasteiger partial charge in [0.1, 0.15) is 0 Å². The van der Waals surface area contributed by atoms with Crippen LogP contribution in [0.15, 0.2) is 23.5 Å². The van der Waals surface area contributed by atoms with Gasteiger partial charge in [-0.3, -0.25) is 0 Å². The summed E-state index contributed by atoms with van der Waals surface area (Å²) in [4.78, 5) is 0. The molecule has 0 fully saturated rings. The molecule has 1 aliphatic rings. The minimum atomic E-state index is 0.400. The second-order valence-corrected chi connectivity index (χ2v) is 5.37. The molecule has 92 valence electrons. The van der Waals surface area contributed by atoms with Crippen LogP contribution in [0.4, 0.5) is 0 Å². The molecule has 1 rings (SSSR count). The summed E-state index contributed by atoms with van der Waals surface area (Å²) in [6, 6.07) is 0. The first-order chi connectivity index (χ1) is 7.52. The van der Waals surface area contributed by atoms with Gasteiger partial charge in [0.15, 0.2) is 0 Å². The normalized spacial score (nSPS) is 19.6. The summed E-state index contributed by atoms with van der Waals surface area (Å²) in [5.41, 5.74) is 7.17. The van der Waals surface area contributed by atoms with E-state index in [1.165, 1.54) is 5.57 Å². The lowest BCUT2D eigenvalue weighted by molar-refractivity contribution is 0.322. The predicted octanol–water partition coefficient (Wildman–Crippen LogP) is 3.41. The number of aliphatic hydroxyl groups is 1. The highest BCUT2D eigenvalue weighted by Gasteiger charge is 2.16. The summed E-state index contributed by atoms with van der Waals surface area (Å²) in [5, 5.41) is 9.89. The molecule has 2 heteroatoms. The van der Waals surface area contributed by atoms with Crippen molar-refractivity contribution in [1.29, 1.82) is 0 Å². The highest BCUT2D eigenvalue weighted by molar-refractivity contribution is 5.28. The summed E-state index contributed by atoms with van der Waals surface area (Å²) in [6.07, 6.45) is 7.12. The first-order valence-electron chi connectivity index (χ1n) is 6.31. The van der Waals surface area contributed by atoms with Crippen LogP contribution in [0.3, 0.4) is 0 Å². The summed E-state index contributed by atoms with van der Waals surface area (Å²) in [7, 11) is 0. The molecule has 0 bridgehead atoms. The zero-order valence-electron chi connectivity index (χ0n) is 10.7. The van der Waals surface area contributed by atoms with Gasteiger partial charge in [0, 0.05) is 6.42 Å². The molecule has 0 aliphatic heterocycles. The molecule has 2 unspecified atom stereocenters. The van der Waals surface area contributed by atoms with E-state index in [1.54, 1.807) is 0 Å². The fourth-order valence-corrected chi connectivity index (χ4v) is 2.12. The van der Waals surface area contributed by atoms with E-state index in [9.17, 15) is 5.11 Å². The Balaban J connectivity index is 2.40. The first-order valence-corrected chi connectivity index (χ1v) is 6.31. The zero-order valence-corrected chi connectivity index (χ0v) is 10.7. The molecule has 2 nitrogen and oxygen atoms in total. The third-order valence-corrected chi connectivity index (χ3v) is 3.10. The lowest BCUT2D eigenvalue weighted by Crippen LogP contribution is -2.17. The second kappa shape index (κ2) is 6.09. The van der Waals surface area contributed by atoms with Crippen LogP contribution in [0, 0.1) is 17.8 Å². The van der Waals surface area contributed by atoms with Crippen LogP contribution < -0.4 is 5.73 Å². The predicted molar refractivity (Wildman–Crippen MR) is 69.2 cm³/mol. The Hall–Kier alpha value is -0.760. The smallest absolute Gasteiger partial charge is 0.0892 e. The molecular weight excluding hydrogens is 198 g/mol. The molecule has 0 aromatic carbocycles. The van der Waals surface area contributed by atoms with Gasteiger partial charge in [-0.1, -0.05) is 32.4 Å². The van der Waals surface area contributed by atoms with Crippen molar-refractivity contribution >= 4 is 0 Å². The fraction of sp³-hybridized carbons (Fsp3) is 0.714. The molecule has 0 saturated heterocycles. The molecule has 0 saturated carbocycles. The molecule has 2 atom stereocenters. The number of nitrogens with two attached hydrogens (primary N) is 1. The highest BCUT2D eigenvalue weighted by atomic mass is 16.3. The van der Waals surface area contributed by atoms with Gasteiger partial charge in [0.25, 0.3) is 0 Å². The lowest BCUT2D eigenvalue weighted by atomic mass is 9.92. The molecule has 16 heavy (non-hydrogen) atoms. The average Bonchev–Trinajstić information content (AvgIpc) is 2.98. The highest BCUT2D eigenvalue weighted by Crippen LogP contribution is 2.29. The summed E-state index contributed by atoms with van der Waals surface area (Å²) >= 11 is 0. The van der Waals surface area contributed by atoms with Gasteiger partial charge >= 0.3 is 0 Å². The van der Waals surface area contributed by atoms with E-state index >= 15 is 0 Å². The van der Waals surface area contributed by atoms with Crippen molar-refractivity contribution < 1.29 is 5.11 Å². The van der Waals surface area contributed by atoms with Crippen molar-refractivity contribution in [3.8, 4) is 0 Å². The summed E-state index contributed by atoms with van der Waals surface area (Å²) < 4.78 is 0. The summed E-state index contributed by atoms with van der Waals surface area (Å²) in [5.74, 6) is 1.97. The molecule has 0 aromatic rings. The van der Waals surface area contributed by atoms with Gasteiger partial charge in [0.05, 0.1) is 5.76 Å². The van der Waals surface area contributed by atoms with E-state index in [0.717, 1.165) is 19.3 Å². The molecule has 0 aromatic heterocycles. The van der Waals surface area contributed by atoms with Gasteiger partial charge < -0.3 is 10.8 Å². The van der Waals surface area contributed by atoms with Crippen molar-refractivity contribution in [3.05, 3.63) is 23.5 Å². The average molecular weight is 223 g/mol. The van der Waals surface area contributed by atoms with E-state index in [0.29, 0.717) is 30.1 Å². The van der Waals surface area contributed by atoms with Crippen LogP contribution in [0.1, 0.15) is 40.0 Å². The van der Waals surface area contributed by atoms with Gasteiger partial charge in [-0.25, -0.2) is 0 Å². The Kier molecular flexibility index (Phi) is 5.07. The Labute approximate surface area is 99.2 Å². The summed E-state index contributed by atoms with van der Waals surface area (Å²) in [6.45, 7) is 7.18. The maximum absolute atomic E-state index is 9.89. The molecule has 0 spiro atoms. The lowest BCUT2D eigenvalue weighted by Gasteiger charge is -2.16. The SMILES string of the molecule is CC(C)CC(CN)C/C(O)=C\C(C)C1=CC1. The molecule has 0 radical (unpaired) electrons. The van der Waals surface area contributed by atoms with Crippen molar-refractivity contribution in [3.63, 3.8) is 0 Å². The van der Waals surface area contributed by atoms with E-state index in [-0.39, 0.29) is 0 Å². The fourth-order valence-electron chi connectivity index (χ4n) is 2.12. The van der Waals surface area contributed by atoms with Crippen molar-refractivity contribution in [2.75, 3.05) is 6.54 Å². The van der Waals surface area contributed by atoms with E-state index in [2.05, 4.69) is 26.8 Å². The van der Waals surface area contributed by atoms with Crippen LogP contribution in [-0.4, -0.2) is 11.7 Å². The minimum absolute atomic E-state index is 0.400. The Morgan fingerprint density at radius 3 is 2.56 bits per heavy atom. The van der Waals surface area contributed by atoms with Gasteiger partial charge in [-0.15, -0.1) is 0 Å². The van der Waals surface area contributed by atoms with Crippen molar-refractivity contribution in [2.24, 2.45) is 23.5 Å². The first kappa shape index (κ1) is 13.3. The van der Waals surface area contributed by atoms with Crippen LogP contribution in [0.5, 0.6) is 0 Å². The number of aliphatic hydroxyl groups excluding tert-OH is 1. The Morgan fingerprint density at radius 1 is 1.50 bits per heavy atom. The van der Waals surface area contributed by atoms with Gasteiger partial charge in [-0.2, -0.15) is 0 Å². The molecule has 0 heterocycles. The van der Waals surface area contributed by atoms with Crippen molar-refractivity contribution in [1.82, 2.24) is 0 Å². The Morgan fingerprint density at radius 2 is 2.12 bits per heavy atom. The maximum Gasteiger partial charge on any atom is 0.0892 e. The van der Waals surface area contributed by atoms with Crippen LogP contribution >= 0.6 is 0 Å². The van der Waals surface area contributed by atoms with Gasteiger partial charge in [-0.05, 0) is 43.2 Å². The number of hydrogen-bond acceptors (Lipinski definition) is 2. The third kappa shape index (κ3) is 4.84. The number of hydrogen-bond donors (Lipinski definition) is 2. The largest absolute Gasteiger partial charge is 0.513 e. The zero-order chi connectivity index (χ0) is 12.1. The van der Waals surface area contributed by atoms with E-state index < -0.39 is 0 Å². The van der Waals surface area contributed by atoms with Gasteiger partial charge in [0.2, 0.25) is 0 Å². The molecule has 3 N–H and O–H groups in total. The number of rotatable bonds is 7. The molecule has 0 amide bonds. The van der Waals surface area contributed by atoms with Crippen LogP contribution in [0.25, 0.3) is 0 Å². The van der Waals surface area contributed by atoms with Crippen molar-refractivity contribution in [2.45, 2.75) is 40.0 Å². The van der Waals surface area contributed by atoms with Crippen LogP contribution in [-0.2, 0) is 0 Å².